The summed E-state index contributed by atoms with van der Waals surface area (Å²) in [5, 5.41) is 18.6. The van der Waals surface area contributed by atoms with Crippen LogP contribution in [0.5, 0.6) is 0 Å². The molecule has 0 aromatic carbocycles. The van der Waals surface area contributed by atoms with Crippen LogP contribution < -0.4 is 16.2 Å². The van der Waals surface area contributed by atoms with Crippen molar-refractivity contribution in [2.24, 2.45) is 0 Å². The van der Waals surface area contributed by atoms with E-state index in [4.69, 9.17) is 0 Å². The van der Waals surface area contributed by atoms with Crippen LogP contribution in [-0.4, -0.2) is 14.2 Å². The number of rotatable bonds is 4. The predicted molar refractivity (Wildman–Crippen MR) is 25.8 cm³/mol. The fourth-order valence-electron chi connectivity index (χ4n) is 0.185. The standard InChI is InChI=1S/C2H9N3O4/c1-8-4(6)3-5(7)9-2/h3-5H,1-2H3. The van der Waals surface area contributed by atoms with Crippen molar-refractivity contribution in [2.75, 3.05) is 14.2 Å². The van der Waals surface area contributed by atoms with Gasteiger partial charge >= 0.3 is 0 Å². The minimum atomic E-state index is -0.832. The summed E-state index contributed by atoms with van der Waals surface area (Å²) in [6, 6.07) is 0. The number of hydrogen-bond acceptors (Lipinski definition) is 5. The molecule has 0 rings (SSSR count). The highest BCUT2D eigenvalue weighted by Gasteiger charge is 1.97. The molecule has 0 aromatic rings. The average Bonchev–Trinajstić information content (AvgIpc) is 1.87. The van der Waals surface area contributed by atoms with Gasteiger partial charge in [0.15, 0.2) is 0 Å². The van der Waals surface area contributed by atoms with E-state index in [2.05, 4.69) is 9.68 Å². The quantitative estimate of drug-likeness (QED) is 0.349. The van der Waals surface area contributed by atoms with E-state index < -0.39 is 10.7 Å². The summed E-state index contributed by atoms with van der Waals surface area (Å²) >= 11 is 0. The molecule has 0 aliphatic heterocycles. The van der Waals surface area contributed by atoms with Gasteiger partial charge in [0.1, 0.15) is 0 Å². The smallest absolute Gasteiger partial charge is 0.0985 e. The highest BCUT2D eigenvalue weighted by atomic mass is 17.0. The molecule has 0 amide bonds. The van der Waals surface area contributed by atoms with Crippen molar-refractivity contribution in [3.8, 4) is 0 Å². The van der Waals surface area contributed by atoms with E-state index >= 15 is 0 Å². The molecular formula is C2H9N3O4. The molecule has 7 nitrogen and oxygen atoms in total. The van der Waals surface area contributed by atoms with E-state index in [1.54, 1.807) is 5.53 Å². The van der Waals surface area contributed by atoms with E-state index in [0.717, 1.165) is 14.2 Å². The van der Waals surface area contributed by atoms with Gasteiger partial charge in [0, 0.05) is 0 Å². The maximum absolute atomic E-state index is 10.1. The average molecular weight is 139 g/mol. The van der Waals surface area contributed by atoms with Crippen molar-refractivity contribution in [3.63, 3.8) is 0 Å². The summed E-state index contributed by atoms with van der Waals surface area (Å²) in [6.07, 6.45) is 0. The van der Waals surface area contributed by atoms with Crippen LogP contribution in [0, 0.1) is 10.4 Å². The predicted octanol–water partition coefficient (Wildman–Crippen LogP) is -3.71. The van der Waals surface area contributed by atoms with Gasteiger partial charge < -0.3 is 10.4 Å². The van der Waals surface area contributed by atoms with Crippen molar-refractivity contribution in [3.05, 3.63) is 10.4 Å². The molecule has 9 heavy (non-hydrogen) atoms. The third-order valence-electron chi connectivity index (χ3n) is 0.575. The van der Waals surface area contributed by atoms with Gasteiger partial charge in [0.25, 0.3) is 0 Å². The lowest BCUT2D eigenvalue weighted by atomic mass is 11.7. The maximum atomic E-state index is 10.1. The summed E-state index contributed by atoms with van der Waals surface area (Å²) in [7, 11) is 2.30. The summed E-state index contributed by atoms with van der Waals surface area (Å²) in [5.74, 6) is 0. The zero-order chi connectivity index (χ0) is 7.28. The summed E-state index contributed by atoms with van der Waals surface area (Å²) in [5.41, 5.74) is 1.76. The molecule has 0 aromatic heterocycles. The van der Waals surface area contributed by atoms with Gasteiger partial charge in [-0.05, 0) is 0 Å². The van der Waals surface area contributed by atoms with Crippen LogP contribution in [0.15, 0.2) is 0 Å². The summed E-state index contributed by atoms with van der Waals surface area (Å²) in [4.78, 5) is 8.14. The molecule has 0 bridgehead atoms. The first-order valence-electron chi connectivity index (χ1n) is 2.13. The van der Waals surface area contributed by atoms with E-state index in [1.165, 1.54) is 0 Å². The highest BCUT2D eigenvalue weighted by Crippen LogP contribution is 1.30. The Kier molecular flexibility index (Phi) is 4.44. The van der Waals surface area contributed by atoms with Crippen molar-refractivity contribution in [2.45, 2.75) is 0 Å². The Bertz CT molecular complexity index is 62.8. The van der Waals surface area contributed by atoms with Gasteiger partial charge in [-0.3, -0.25) is 0 Å². The van der Waals surface area contributed by atoms with Crippen molar-refractivity contribution in [1.82, 2.24) is 5.53 Å². The Balaban J connectivity index is 3.22. The van der Waals surface area contributed by atoms with E-state index in [-0.39, 0.29) is 0 Å². The molecule has 56 valence electrons. The van der Waals surface area contributed by atoms with Gasteiger partial charge in [-0.15, -0.1) is 0 Å². The van der Waals surface area contributed by atoms with Crippen molar-refractivity contribution in [1.29, 1.82) is 0 Å². The number of quaternary nitrogens is 2. The first kappa shape index (κ1) is 8.72. The SMILES string of the molecule is CO[NH+]([O-])N[NH+]([O-])OC. The van der Waals surface area contributed by atoms with Crippen LogP contribution in [-0.2, 0) is 9.68 Å². The first-order chi connectivity index (χ1) is 4.20. The van der Waals surface area contributed by atoms with Gasteiger partial charge in [-0.2, -0.15) is 9.68 Å². The Morgan fingerprint density at radius 1 is 1.11 bits per heavy atom. The highest BCUT2D eigenvalue weighted by molar-refractivity contribution is 3.85. The van der Waals surface area contributed by atoms with Gasteiger partial charge in [0.2, 0.25) is 0 Å². The van der Waals surface area contributed by atoms with Gasteiger partial charge in [-0.1, -0.05) is 10.7 Å². The molecule has 0 heterocycles. The van der Waals surface area contributed by atoms with Gasteiger partial charge in [-0.25, -0.2) is 0 Å². The zero-order valence-electron chi connectivity index (χ0n) is 5.13. The van der Waals surface area contributed by atoms with Crippen LogP contribution in [0.4, 0.5) is 0 Å². The summed E-state index contributed by atoms with van der Waals surface area (Å²) < 4.78 is 0. The number of hydrogen-bond donors (Lipinski definition) is 3. The molecule has 3 N–H and O–H groups in total. The van der Waals surface area contributed by atoms with Crippen LogP contribution in [0.2, 0.25) is 0 Å². The lowest BCUT2D eigenvalue weighted by Crippen LogP contribution is -3.34. The molecule has 7 heteroatoms. The minimum Gasteiger partial charge on any atom is -0.576 e. The molecule has 0 radical (unpaired) electrons. The molecule has 2 atom stereocenters. The Labute approximate surface area is 51.7 Å². The second-order valence-electron chi connectivity index (χ2n) is 1.11. The van der Waals surface area contributed by atoms with Crippen LogP contribution in [0.3, 0.4) is 0 Å². The molecule has 0 aliphatic rings. The monoisotopic (exact) mass is 139 g/mol. The molecule has 0 spiro atoms. The second-order valence-corrected chi connectivity index (χ2v) is 1.11. The maximum Gasteiger partial charge on any atom is 0.0985 e. The normalized spacial score (nSPS) is 17.3. The topological polar surface area (TPSA) is 85.5 Å². The molecule has 0 fully saturated rings. The van der Waals surface area contributed by atoms with Crippen LogP contribution in [0.1, 0.15) is 0 Å². The second kappa shape index (κ2) is 4.58. The lowest BCUT2D eigenvalue weighted by Gasteiger charge is -2.21. The fourth-order valence-corrected chi connectivity index (χ4v) is 0.185. The Morgan fingerprint density at radius 2 is 1.44 bits per heavy atom. The van der Waals surface area contributed by atoms with E-state index in [9.17, 15) is 10.4 Å². The van der Waals surface area contributed by atoms with Gasteiger partial charge in [0.05, 0.1) is 19.8 Å². The number of nitrogens with one attached hydrogen (secondary N) is 3. The molecule has 0 aliphatic carbocycles. The molecule has 0 saturated heterocycles. The van der Waals surface area contributed by atoms with Crippen molar-refractivity contribution < 1.29 is 20.3 Å². The summed E-state index contributed by atoms with van der Waals surface area (Å²) in [6.45, 7) is 0. The first-order valence-corrected chi connectivity index (χ1v) is 2.13. The Hall–Kier alpha value is -0.280. The molecular weight excluding hydrogens is 130 g/mol. The van der Waals surface area contributed by atoms with Crippen LogP contribution in [0.25, 0.3) is 0 Å². The van der Waals surface area contributed by atoms with Crippen LogP contribution >= 0.6 is 0 Å². The van der Waals surface area contributed by atoms with Crippen molar-refractivity contribution >= 4 is 0 Å². The largest absolute Gasteiger partial charge is 0.576 e. The van der Waals surface area contributed by atoms with E-state index in [0.29, 0.717) is 0 Å². The molecule has 0 saturated carbocycles. The third kappa shape index (κ3) is 4.24. The Morgan fingerprint density at radius 3 is 1.67 bits per heavy atom. The lowest BCUT2D eigenvalue weighted by molar-refractivity contribution is -1.27. The third-order valence-corrected chi connectivity index (χ3v) is 0.575. The molecule has 2 unspecified atom stereocenters. The van der Waals surface area contributed by atoms with E-state index in [1.807, 2.05) is 0 Å². The zero-order valence-corrected chi connectivity index (χ0v) is 5.13. The fraction of sp³-hybridized carbons (Fsp3) is 1.00. The minimum absolute atomic E-state index is 0.832.